The number of nitrogens with zero attached hydrogens (tertiary/aromatic N) is 1. The third-order valence-corrected chi connectivity index (χ3v) is 1.96. The van der Waals surface area contributed by atoms with Gasteiger partial charge in [0.25, 0.3) is 0 Å². The first kappa shape index (κ1) is 9.04. The molecular weight excluding hydrogens is 150 g/mol. The van der Waals surface area contributed by atoms with Gasteiger partial charge in [0.15, 0.2) is 0 Å². The van der Waals surface area contributed by atoms with Crippen LogP contribution in [0.5, 0.6) is 5.75 Å². The predicted molar refractivity (Wildman–Crippen MR) is 49.6 cm³/mol. The highest BCUT2D eigenvalue weighted by Crippen LogP contribution is 2.23. The summed E-state index contributed by atoms with van der Waals surface area (Å²) < 4.78 is 5.20. The van der Waals surface area contributed by atoms with E-state index >= 15 is 0 Å². The van der Waals surface area contributed by atoms with Crippen LogP contribution >= 0.6 is 0 Å². The minimum atomic E-state index is 0.458. The van der Waals surface area contributed by atoms with Gasteiger partial charge in [-0.15, -0.1) is 0 Å². The quantitative estimate of drug-likeness (QED) is 0.671. The van der Waals surface area contributed by atoms with Gasteiger partial charge in [-0.1, -0.05) is 13.8 Å². The lowest BCUT2D eigenvalue weighted by Crippen LogP contribution is -1.98. The fraction of sp³-hybridized carbons (Fsp3) is 0.500. The lowest BCUT2D eigenvalue weighted by Gasteiger charge is -2.11. The zero-order valence-electron chi connectivity index (χ0n) is 8.09. The Kier molecular flexibility index (Phi) is 2.69. The van der Waals surface area contributed by atoms with Crippen molar-refractivity contribution in [3.8, 4) is 5.75 Å². The summed E-state index contributed by atoms with van der Waals surface area (Å²) in [6.07, 6.45) is 1.79. The van der Waals surface area contributed by atoms with E-state index in [0.717, 1.165) is 17.0 Å². The fourth-order valence-corrected chi connectivity index (χ4v) is 1.34. The number of methoxy groups -OCH3 is 1. The molecule has 66 valence electrons. The molecule has 1 aromatic rings. The Morgan fingerprint density at radius 1 is 1.42 bits per heavy atom. The van der Waals surface area contributed by atoms with Gasteiger partial charge in [0, 0.05) is 17.5 Å². The van der Waals surface area contributed by atoms with E-state index in [-0.39, 0.29) is 0 Å². The zero-order chi connectivity index (χ0) is 9.14. The van der Waals surface area contributed by atoms with E-state index in [2.05, 4.69) is 18.8 Å². The van der Waals surface area contributed by atoms with Crippen LogP contribution in [0, 0.1) is 6.92 Å². The second-order valence-electron chi connectivity index (χ2n) is 3.18. The van der Waals surface area contributed by atoms with Crippen LogP contribution in [0.25, 0.3) is 0 Å². The van der Waals surface area contributed by atoms with Crippen LogP contribution in [0.15, 0.2) is 12.3 Å². The molecule has 0 aliphatic rings. The Balaban J connectivity index is 3.14. The number of rotatable bonds is 2. The van der Waals surface area contributed by atoms with Gasteiger partial charge >= 0.3 is 0 Å². The van der Waals surface area contributed by atoms with E-state index in [4.69, 9.17) is 4.74 Å². The highest BCUT2D eigenvalue weighted by Gasteiger charge is 2.07. The summed E-state index contributed by atoms with van der Waals surface area (Å²) in [5, 5.41) is 0. The van der Waals surface area contributed by atoms with E-state index in [0.29, 0.717) is 5.92 Å². The van der Waals surface area contributed by atoms with E-state index in [1.807, 2.05) is 13.0 Å². The summed E-state index contributed by atoms with van der Waals surface area (Å²) in [5.74, 6) is 1.38. The first-order valence-corrected chi connectivity index (χ1v) is 4.16. The molecule has 0 N–H and O–H groups in total. The maximum Gasteiger partial charge on any atom is 0.125 e. The molecule has 2 heteroatoms. The molecular formula is C10H15NO. The van der Waals surface area contributed by atoms with Gasteiger partial charge in [-0.05, 0) is 18.9 Å². The van der Waals surface area contributed by atoms with Gasteiger partial charge in [0.05, 0.1) is 7.11 Å². The van der Waals surface area contributed by atoms with Gasteiger partial charge in [0.2, 0.25) is 0 Å². The van der Waals surface area contributed by atoms with Crippen LogP contribution in [-0.4, -0.2) is 12.1 Å². The molecule has 12 heavy (non-hydrogen) atoms. The summed E-state index contributed by atoms with van der Waals surface area (Å²) in [6.45, 7) is 6.31. The lowest BCUT2D eigenvalue weighted by molar-refractivity contribution is 0.409. The van der Waals surface area contributed by atoms with Crippen molar-refractivity contribution in [3.63, 3.8) is 0 Å². The van der Waals surface area contributed by atoms with Gasteiger partial charge in [-0.2, -0.15) is 0 Å². The maximum absolute atomic E-state index is 5.20. The summed E-state index contributed by atoms with van der Waals surface area (Å²) >= 11 is 0. The molecule has 0 saturated heterocycles. The summed E-state index contributed by atoms with van der Waals surface area (Å²) in [5.41, 5.74) is 2.27. The van der Waals surface area contributed by atoms with Gasteiger partial charge in [-0.25, -0.2) is 0 Å². The molecule has 2 nitrogen and oxygen atoms in total. The minimum absolute atomic E-state index is 0.458. The molecule has 0 fully saturated rings. The highest BCUT2D eigenvalue weighted by molar-refractivity contribution is 5.35. The Morgan fingerprint density at radius 3 is 2.58 bits per heavy atom. The molecule has 0 aliphatic heterocycles. The van der Waals surface area contributed by atoms with Crippen molar-refractivity contribution in [2.45, 2.75) is 26.7 Å². The zero-order valence-corrected chi connectivity index (χ0v) is 8.09. The maximum atomic E-state index is 5.20. The number of aromatic nitrogens is 1. The molecule has 1 heterocycles. The SMILES string of the molecule is COc1ccnc(C(C)C)c1C. The van der Waals surface area contributed by atoms with Crippen molar-refractivity contribution in [1.82, 2.24) is 4.98 Å². The largest absolute Gasteiger partial charge is 0.496 e. The third-order valence-electron chi connectivity index (χ3n) is 1.96. The Bertz CT molecular complexity index is 269. The van der Waals surface area contributed by atoms with Gasteiger partial charge in [0.1, 0.15) is 5.75 Å². The molecule has 0 saturated carbocycles. The van der Waals surface area contributed by atoms with Gasteiger partial charge in [-0.3, -0.25) is 4.98 Å². The standard InChI is InChI=1S/C10H15NO/c1-7(2)10-8(3)9(12-4)5-6-11-10/h5-7H,1-4H3. The molecule has 1 rings (SSSR count). The van der Waals surface area contributed by atoms with Crippen LogP contribution in [0.2, 0.25) is 0 Å². The fourth-order valence-electron chi connectivity index (χ4n) is 1.34. The van der Waals surface area contributed by atoms with E-state index in [9.17, 15) is 0 Å². The third kappa shape index (κ3) is 1.58. The normalized spacial score (nSPS) is 10.4. The van der Waals surface area contributed by atoms with Crippen molar-refractivity contribution in [1.29, 1.82) is 0 Å². The van der Waals surface area contributed by atoms with Crippen LogP contribution in [0.3, 0.4) is 0 Å². The van der Waals surface area contributed by atoms with E-state index in [1.165, 1.54) is 0 Å². The first-order valence-electron chi connectivity index (χ1n) is 4.16. The first-order chi connectivity index (χ1) is 5.66. The second kappa shape index (κ2) is 3.57. The summed E-state index contributed by atoms with van der Waals surface area (Å²) in [6, 6.07) is 1.89. The van der Waals surface area contributed by atoms with Gasteiger partial charge < -0.3 is 4.74 Å². The average molecular weight is 165 g/mol. The number of hydrogen-bond donors (Lipinski definition) is 0. The molecule has 0 aliphatic carbocycles. The van der Waals surface area contributed by atoms with Crippen molar-refractivity contribution >= 4 is 0 Å². The van der Waals surface area contributed by atoms with Crippen LogP contribution < -0.4 is 4.74 Å². The lowest BCUT2D eigenvalue weighted by atomic mass is 10.0. The summed E-state index contributed by atoms with van der Waals surface area (Å²) in [7, 11) is 1.69. The highest BCUT2D eigenvalue weighted by atomic mass is 16.5. The number of ether oxygens (including phenoxy) is 1. The molecule has 0 spiro atoms. The molecule has 0 atom stereocenters. The van der Waals surface area contributed by atoms with Crippen molar-refractivity contribution in [3.05, 3.63) is 23.5 Å². The predicted octanol–water partition coefficient (Wildman–Crippen LogP) is 2.52. The molecule has 0 radical (unpaired) electrons. The summed E-state index contributed by atoms with van der Waals surface area (Å²) in [4.78, 5) is 4.31. The van der Waals surface area contributed by atoms with E-state index < -0.39 is 0 Å². The second-order valence-corrected chi connectivity index (χ2v) is 3.18. The number of hydrogen-bond acceptors (Lipinski definition) is 2. The minimum Gasteiger partial charge on any atom is -0.496 e. The molecule has 0 bridgehead atoms. The van der Waals surface area contributed by atoms with Crippen molar-refractivity contribution < 1.29 is 4.74 Å². The monoisotopic (exact) mass is 165 g/mol. The molecule has 0 aromatic carbocycles. The Morgan fingerprint density at radius 2 is 2.08 bits per heavy atom. The smallest absolute Gasteiger partial charge is 0.125 e. The van der Waals surface area contributed by atoms with Crippen molar-refractivity contribution in [2.75, 3.05) is 7.11 Å². The van der Waals surface area contributed by atoms with Crippen LogP contribution in [-0.2, 0) is 0 Å². The van der Waals surface area contributed by atoms with E-state index in [1.54, 1.807) is 13.3 Å². The number of pyridine rings is 1. The van der Waals surface area contributed by atoms with Crippen LogP contribution in [0.4, 0.5) is 0 Å². The van der Waals surface area contributed by atoms with Crippen molar-refractivity contribution in [2.24, 2.45) is 0 Å². The molecule has 1 aromatic heterocycles. The Hall–Kier alpha value is -1.05. The Labute approximate surface area is 73.6 Å². The van der Waals surface area contributed by atoms with Crippen LogP contribution in [0.1, 0.15) is 31.0 Å². The molecule has 0 unspecified atom stereocenters. The molecule has 0 amide bonds. The average Bonchev–Trinajstić information content (AvgIpc) is 2.04. The topological polar surface area (TPSA) is 22.1 Å².